The van der Waals surface area contributed by atoms with Crippen LogP contribution in [-0.4, -0.2) is 30.3 Å². The molecule has 0 fully saturated rings. The highest BCUT2D eigenvalue weighted by Crippen LogP contribution is 2.39. The van der Waals surface area contributed by atoms with Crippen molar-refractivity contribution in [2.45, 2.75) is 58.0 Å². The van der Waals surface area contributed by atoms with Crippen molar-refractivity contribution in [3.05, 3.63) is 10.7 Å². The molecule has 0 aliphatic carbocycles. The van der Waals surface area contributed by atoms with Crippen LogP contribution in [0.3, 0.4) is 0 Å². The molecule has 4 nitrogen and oxygen atoms in total. The van der Waals surface area contributed by atoms with Crippen LogP contribution in [0.25, 0.3) is 0 Å². The SMILES string of the molecule is CC1(CO[Si](C)(C)C(C)(C)C)Cn2ncc(Br)c2O1. The van der Waals surface area contributed by atoms with Crippen molar-refractivity contribution < 1.29 is 9.16 Å². The minimum atomic E-state index is -1.74. The van der Waals surface area contributed by atoms with E-state index in [1.165, 1.54) is 0 Å². The van der Waals surface area contributed by atoms with E-state index in [4.69, 9.17) is 9.16 Å². The number of nitrogens with zero attached hydrogens (tertiary/aromatic N) is 2. The molecular weight excluding hydrogens is 324 g/mol. The number of hydrogen-bond donors (Lipinski definition) is 0. The first-order valence-electron chi connectivity index (χ1n) is 6.58. The van der Waals surface area contributed by atoms with Gasteiger partial charge >= 0.3 is 0 Å². The Morgan fingerprint density at radius 3 is 2.68 bits per heavy atom. The summed E-state index contributed by atoms with van der Waals surface area (Å²) in [6.07, 6.45) is 1.77. The molecule has 0 spiro atoms. The Kier molecular flexibility index (Phi) is 3.65. The molecule has 0 saturated heterocycles. The minimum Gasteiger partial charge on any atom is -0.466 e. The van der Waals surface area contributed by atoms with Crippen molar-refractivity contribution in [3.8, 4) is 5.88 Å². The largest absolute Gasteiger partial charge is 0.466 e. The fourth-order valence-electron chi connectivity index (χ4n) is 1.77. The van der Waals surface area contributed by atoms with Crippen LogP contribution in [0.5, 0.6) is 5.88 Å². The van der Waals surface area contributed by atoms with E-state index >= 15 is 0 Å². The summed E-state index contributed by atoms with van der Waals surface area (Å²) in [5.41, 5.74) is -0.318. The van der Waals surface area contributed by atoms with Crippen LogP contribution in [0.1, 0.15) is 27.7 Å². The first kappa shape index (κ1) is 15.1. The van der Waals surface area contributed by atoms with Gasteiger partial charge in [0.05, 0.1) is 23.8 Å². The van der Waals surface area contributed by atoms with Gasteiger partial charge in [-0.2, -0.15) is 5.10 Å². The molecule has 19 heavy (non-hydrogen) atoms. The van der Waals surface area contributed by atoms with Crippen LogP contribution in [0.15, 0.2) is 10.7 Å². The second-order valence-electron chi connectivity index (χ2n) is 7.06. The number of rotatable bonds is 3. The summed E-state index contributed by atoms with van der Waals surface area (Å²) in [5.74, 6) is 0.807. The monoisotopic (exact) mass is 346 g/mol. The lowest BCUT2D eigenvalue weighted by Gasteiger charge is -2.38. The second-order valence-corrected chi connectivity index (χ2v) is 12.7. The van der Waals surface area contributed by atoms with Gasteiger partial charge in [0, 0.05) is 0 Å². The maximum atomic E-state index is 6.28. The lowest BCUT2D eigenvalue weighted by molar-refractivity contribution is 0.0463. The van der Waals surface area contributed by atoms with Crippen molar-refractivity contribution in [2.24, 2.45) is 0 Å². The third-order valence-corrected chi connectivity index (χ3v) is 9.14. The molecule has 0 saturated carbocycles. The molecule has 0 bridgehead atoms. The summed E-state index contributed by atoms with van der Waals surface area (Å²) in [5, 5.41) is 4.50. The molecule has 1 unspecified atom stereocenters. The highest BCUT2D eigenvalue weighted by molar-refractivity contribution is 9.10. The van der Waals surface area contributed by atoms with Gasteiger partial charge in [-0.15, -0.1) is 0 Å². The fourth-order valence-corrected chi connectivity index (χ4v) is 3.25. The molecule has 0 N–H and O–H groups in total. The van der Waals surface area contributed by atoms with E-state index in [2.05, 4.69) is 61.8 Å². The smallest absolute Gasteiger partial charge is 0.227 e. The summed E-state index contributed by atoms with van der Waals surface area (Å²) in [6.45, 7) is 14.7. The molecule has 2 rings (SSSR count). The predicted octanol–water partition coefficient (Wildman–Crippen LogP) is 3.82. The number of halogens is 1. The standard InChI is InChI=1S/C13H23BrN2O2Si/c1-12(2,3)19(5,6)17-9-13(4)8-16-11(18-13)10(14)7-15-16/h7H,8-9H2,1-6H3. The maximum absolute atomic E-state index is 6.28. The minimum absolute atomic E-state index is 0.218. The predicted molar refractivity (Wildman–Crippen MR) is 82.1 cm³/mol. The number of hydrogen-bond acceptors (Lipinski definition) is 3. The van der Waals surface area contributed by atoms with Gasteiger partial charge in [0.1, 0.15) is 5.60 Å². The third-order valence-electron chi connectivity index (χ3n) is 4.12. The van der Waals surface area contributed by atoms with Crippen LogP contribution in [-0.2, 0) is 11.0 Å². The quantitative estimate of drug-likeness (QED) is 0.780. The molecule has 1 atom stereocenters. The van der Waals surface area contributed by atoms with E-state index in [0.29, 0.717) is 6.61 Å². The Morgan fingerprint density at radius 2 is 2.16 bits per heavy atom. The van der Waals surface area contributed by atoms with E-state index in [9.17, 15) is 0 Å². The molecule has 6 heteroatoms. The topological polar surface area (TPSA) is 36.3 Å². The van der Waals surface area contributed by atoms with E-state index in [-0.39, 0.29) is 10.6 Å². The van der Waals surface area contributed by atoms with Gasteiger partial charge in [-0.3, -0.25) is 0 Å². The molecule has 1 aliphatic heterocycles. The fraction of sp³-hybridized carbons (Fsp3) is 0.769. The second kappa shape index (κ2) is 4.60. The van der Waals surface area contributed by atoms with Crippen LogP contribution in [0.4, 0.5) is 0 Å². The van der Waals surface area contributed by atoms with E-state index in [0.717, 1.165) is 16.9 Å². The molecule has 108 valence electrons. The van der Waals surface area contributed by atoms with Crippen molar-refractivity contribution >= 4 is 24.2 Å². The van der Waals surface area contributed by atoms with E-state index in [1.807, 2.05) is 4.68 Å². The van der Waals surface area contributed by atoms with Crippen molar-refractivity contribution in [3.63, 3.8) is 0 Å². The number of aromatic nitrogens is 2. The molecule has 0 amide bonds. The third kappa shape index (κ3) is 2.90. The zero-order valence-corrected chi connectivity index (χ0v) is 15.2. The summed E-state index contributed by atoms with van der Waals surface area (Å²) >= 11 is 3.45. The summed E-state index contributed by atoms with van der Waals surface area (Å²) in [6, 6.07) is 0. The Balaban J connectivity index is 2.02. The van der Waals surface area contributed by atoms with Gasteiger partial charge in [-0.05, 0) is 41.0 Å². The number of ether oxygens (including phenoxy) is 1. The van der Waals surface area contributed by atoms with Crippen molar-refractivity contribution in [1.29, 1.82) is 0 Å². The Bertz CT molecular complexity index is 481. The van der Waals surface area contributed by atoms with Gasteiger partial charge in [0.15, 0.2) is 8.32 Å². The lowest BCUT2D eigenvalue weighted by atomic mass is 10.1. The summed E-state index contributed by atoms with van der Waals surface area (Å²) in [4.78, 5) is 0. The molecule has 2 heterocycles. The van der Waals surface area contributed by atoms with Gasteiger partial charge in [-0.1, -0.05) is 20.8 Å². The van der Waals surface area contributed by atoms with Crippen LogP contribution in [0.2, 0.25) is 18.1 Å². The average Bonchev–Trinajstić information content (AvgIpc) is 2.75. The molecular formula is C13H23BrN2O2Si. The average molecular weight is 347 g/mol. The zero-order chi connectivity index (χ0) is 14.5. The first-order valence-corrected chi connectivity index (χ1v) is 10.3. The molecule has 0 radical (unpaired) electrons. The highest BCUT2D eigenvalue weighted by atomic mass is 79.9. The first-order chi connectivity index (χ1) is 8.54. The van der Waals surface area contributed by atoms with Crippen LogP contribution in [0, 0.1) is 0 Å². The Labute approximate surface area is 124 Å². The van der Waals surface area contributed by atoms with Crippen molar-refractivity contribution in [1.82, 2.24) is 9.78 Å². The highest BCUT2D eigenvalue weighted by Gasteiger charge is 2.42. The maximum Gasteiger partial charge on any atom is 0.227 e. The molecule has 1 aliphatic rings. The zero-order valence-electron chi connectivity index (χ0n) is 12.6. The lowest BCUT2D eigenvalue weighted by Crippen LogP contribution is -2.47. The van der Waals surface area contributed by atoms with Gasteiger partial charge in [0.25, 0.3) is 0 Å². The van der Waals surface area contributed by atoms with Crippen LogP contribution < -0.4 is 4.74 Å². The normalized spacial score (nSPS) is 23.3. The van der Waals surface area contributed by atoms with E-state index < -0.39 is 8.32 Å². The Hall–Kier alpha value is -0.333. The van der Waals surface area contributed by atoms with Gasteiger partial charge < -0.3 is 9.16 Å². The Morgan fingerprint density at radius 1 is 1.53 bits per heavy atom. The van der Waals surface area contributed by atoms with Crippen LogP contribution >= 0.6 is 15.9 Å². The number of fused-ring (bicyclic) bond motifs is 1. The van der Waals surface area contributed by atoms with E-state index in [1.54, 1.807) is 6.20 Å². The van der Waals surface area contributed by atoms with Gasteiger partial charge in [-0.25, -0.2) is 4.68 Å². The molecule has 1 aromatic heterocycles. The molecule has 0 aromatic carbocycles. The van der Waals surface area contributed by atoms with Crippen molar-refractivity contribution in [2.75, 3.05) is 6.61 Å². The summed E-state index contributed by atoms with van der Waals surface area (Å²) < 4.78 is 15.1. The summed E-state index contributed by atoms with van der Waals surface area (Å²) in [7, 11) is -1.74. The van der Waals surface area contributed by atoms with Gasteiger partial charge in [0.2, 0.25) is 5.88 Å². The molecule has 1 aromatic rings.